The van der Waals surface area contributed by atoms with Gasteiger partial charge in [-0.1, -0.05) is 15.9 Å². The minimum absolute atomic E-state index is 0.0488. The molecule has 0 saturated heterocycles. The van der Waals surface area contributed by atoms with Crippen LogP contribution in [0.15, 0.2) is 47.1 Å². The Labute approximate surface area is 116 Å². The molecule has 0 fully saturated rings. The van der Waals surface area contributed by atoms with E-state index in [-0.39, 0.29) is 6.04 Å². The van der Waals surface area contributed by atoms with Gasteiger partial charge in [-0.15, -0.1) is 0 Å². The third-order valence-corrected chi connectivity index (χ3v) is 3.27. The lowest BCUT2D eigenvalue weighted by atomic mass is 10.2. The fraction of sp³-hybridized carbons (Fsp3) is 0.286. The van der Waals surface area contributed by atoms with Gasteiger partial charge in [-0.3, -0.25) is 0 Å². The minimum Gasteiger partial charge on any atom is -0.492 e. The van der Waals surface area contributed by atoms with Crippen molar-refractivity contribution in [1.29, 1.82) is 0 Å². The number of rotatable bonds is 5. The lowest BCUT2D eigenvalue weighted by molar-refractivity contribution is 0.296. The normalized spacial score (nSPS) is 12.4. The van der Waals surface area contributed by atoms with E-state index in [1.807, 2.05) is 49.5 Å². The fourth-order valence-corrected chi connectivity index (χ4v) is 2.10. The van der Waals surface area contributed by atoms with Crippen LogP contribution in [0.3, 0.4) is 0 Å². The maximum absolute atomic E-state index is 5.89. The summed E-state index contributed by atoms with van der Waals surface area (Å²) in [4.78, 5) is 0. The number of halogens is 1. The van der Waals surface area contributed by atoms with Crippen molar-refractivity contribution >= 4 is 15.9 Å². The zero-order chi connectivity index (χ0) is 13.0. The SMILES string of the molecule is CC(N)c1cccn1CCOc1ccc(Br)cc1. The van der Waals surface area contributed by atoms with E-state index in [9.17, 15) is 0 Å². The standard InChI is InChI=1S/C14H17BrN2O/c1-11(16)14-3-2-8-17(14)9-10-18-13-6-4-12(15)5-7-13/h2-8,11H,9-10,16H2,1H3. The van der Waals surface area contributed by atoms with Crippen LogP contribution in [-0.2, 0) is 6.54 Å². The van der Waals surface area contributed by atoms with Crippen LogP contribution in [0.1, 0.15) is 18.7 Å². The second-order valence-electron chi connectivity index (χ2n) is 4.22. The molecule has 4 heteroatoms. The molecule has 0 aliphatic heterocycles. The summed E-state index contributed by atoms with van der Waals surface area (Å²) in [5.74, 6) is 0.882. The first kappa shape index (κ1) is 13.2. The highest BCUT2D eigenvalue weighted by Gasteiger charge is 2.05. The van der Waals surface area contributed by atoms with Crippen LogP contribution in [0.4, 0.5) is 0 Å². The molecule has 0 aliphatic carbocycles. The van der Waals surface area contributed by atoms with Crippen LogP contribution >= 0.6 is 15.9 Å². The van der Waals surface area contributed by atoms with Gasteiger partial charge < -0.3 is 15.0 Å². The Morgan fingerprint density at radius 1 is 1.28 bits per heavy atom. The van der Waals surface area contributed by atoms with Gasteiger partial charge in [-0.05, 0) is 43.3 Å². The van der Waals surface area contributed by atoms with Gasteiger partial charge in [0.25, 0.3) is 0 Å². The summed E-state index contributed by atoms with van der Waals surface area (Å²) in [6.45, 7) is 3.43. The molecule has 0 aliphatic rings. The number of benzene rings is 1. The molecule has 2 aromatic rings. The molecule has 1 heterocycles. The third-order valence-electron chi connectivity index (χ3n) is 2.75. The number of ether oxygens (including phenoxy) is 1. The lowest BCUT2D eigenvalue weighted by Gasteiger charge is -2.12. The van der Waals surface area contributed by atoms with Crippen molar-refractivity contribution in [3.8, 4) is 5.75 Å². The summed E-state index contributed by atoms with van der Waals surface area (Å²) in [5, 5.41) is 0. The van der Waals surface area contributed by atoms with Gasteiger partial charge in [0.1, 0.15) is 12.4 Å². The summed E-state index contributed by atoms with van der Waals surface area (Å²) in [5.41, 5.74) is 7.03. The van der Waals surface area contributed by atoms with Crippen LogP contribution in [0, 0.1) is 0 Å². The summed E-state index contributed by atoms with van der Waals surface area (Å²) in [7, 11) is 0. The van der Waals surface area contributed by atoms with Crippen LogP contribution < -0.4 is 10.5 Å². The van der Waals surface area contributed by atoms with Gasteiger partial charge in [0.15, 0.2) is 0 Å². The number of nitrogens with two attached hydrogens (primary N) is 1. The highest BCUT2D eigenvalue weighted by Crippen LogP contribution is 2.16. The molecule has 0 spiro atoms. The Balaban J connectivity index is 1.88. The van der Waals surface area contributed by atoms with Crippen molar-refractivity contribution in [2.24, 2.45) is 5.73 Å². The van der Waals surface area contributed by atoms with Gasteiger partial charge in [0.05, 0.1) is 6.54 Å². The minimum atomic E-state index is 0.0488. The zero-order valence-corrected chi connectivity index (χ0v) is 11.9. The molecule has 0 radical (unpaired) electrons. The Bertz CT molecular complexity index is 491. The monoisotopic (exact) mass is 308 g/mol. The average Bonchev–Trinajstić information content (AvgIpc) is 2.80. The van der Waals surface area contributed by atoms with Gasteiger partial charge in [-0.25, -0.2) is 0 Å². The van der Waals surface area contributed by atoms with E-state index in [1.54, 1.807) is 0 Å². The van der Waals surface area contributed by atoms with Crippen molar-refractivity contribution in [2.75, 3.05) is 6.61 Å². The van der Waals surface area contributed by atoms with Crippen molar-refractivity contribution in [2.45, 2.75) is 19.5 Å². The molecule has 0 bridgehead atoms. The predicted octanol–water partition coefficient (Wildman–Crippen LogP) is 3.35. The Kier molecular flexibility index (Phi) is 4.44. The number of hydrogen-bond donors (Lipinski definition) is 1. The van der Waals surface area contributed by atoms with Gasteiger partial charge >= 0.3 is 0 Å². The lowest BCUT2D eigenvalue weighted by Crippen LogP contribution is -2.15. The van der Waals surface area contributed by atoms with Crippen LogP contribution in [0.5, 0.6) is 5.75 Å². The fourth-order valence-electron chi connectivity index (χ4n) is 1.84. The van der Waals surface area contributed by atoms with E-state index < -0.39 is 0 Å². The van der Waals surface area contributed by atoms with E-state index in [2.05, 4.69) is 20.5 Å². The quantitative estimate of drug-likeness (QED) is 0.920. The van der Waals surface area contributed by atoms with E-state index >= 15 is 0 Å². The van der Waals surface area contributed by atoms with E-state index in [1.165, 1.54) is 0 Å². The zero-order valence-electron chi connectivity index (χ0n) is 10.3. The summed E-state index contributed by atoms with van der Waals surface area (Å²) < 4.78 is 8.87. The van der Waals surface area contributed by atoms with Crippen molar-refractivity contribution in [3.05, 3.63) is 52.8 Å². The van der Waals surface area contributed by atoms with Gasteiger partial charge in [0, 0.05) is 22.4 Å². The Morgan fingerprint density at radius 2 is 2.00 bits per heavy atom. The van der Waals surface area contributed by atoms with Crippen molar-refractivity contribution < 1.29 is 4.74 Å². The maximum Gasteiger partial charge on any atom is 0.119 e. The highest BCUT2D eigenvalue weighted by molar-refractivity contribution is 9.10. The van der Waals surface area contributed by atoms with Gasteiger partial charge in [-0.2, -0.15) is 0 Å². The van der Waals surface area contributed by atoms with E-state index in [4.69, 9.17) is 10.5 Å². The number of hydrogen-bond acceptors (Lipinski definition) is 2. The molecule has 0 amide bonds. The van der Waals surface area contributed by atoms with E-state index in [0.717, 1.165) is 22.5 Å². The van der Waals surface area contributed by atoms with Crippen LogP contribution in [0.25, 0.3) is 0 Å². The molecule has 1 aromatic heterocycles. The Hall–Kier alpha value is -1.26. The molecule has 1 atom stereocenters. The largest absolute Gasteiger partial charge is 0.492 e. The molecule has 2 rings (SSSR count). The van der Waals surface area contributed by atoms with Crippen molar-refractivity contribution in [1.82, 2.24) is 4.57 Å². The van der Waals surface area contributed by atoms with Crippen molar-refractivity contribution in [3.63, 3.8) is 0 Å². The molecular formula is C14H17BrN2O. The van der Waals surface area contributed by atoms with Crippen LogP contribution in [-0.4, -0.2) is 11.2 Å². The third kappa shape index (κ3) is 3.37. The smallest absolute Gasteiger partial charge is 0.119 e. The molecule has 3 nitrogen and oxygen atoms in total. The molecular weight excluding hydrogens is 292 g/mol. The van der Waals surface area contributed by atoms with Crippen LogP contribution in [0.2, 0.25) is 0 Å². The summed E-state index contributed by atoms with van der Waals surface area (Å²) in [6.07, 6.45) is 2.03. The second kappa shape index (κ2) is 6.07. The predicted molar refractivity (Wildman–Crippen MR) is 76.7 cm³/mol. The molecule has 2 N–H and O–H groups in total. The molecule has 1 unspecified atom stereocenters. The average molecular weight is 309 g/mol. The van der Waals surface area contributed by atoms with E-state index in [0.29, 0.717) is 6.61 Å². The summed E-state index contributed by atoms with van der Waals surface area (Å²) in [6, 6.07) is 11.9. The number of nitrogens with zero attached hydrogens (tertiary/aromatic N) is 1. The maximum atomic E-state index is 5.89. The Morgan fingerprint density at radius 3 is 2.67 bits per heavy atom. The highest BCUT2D eigenvalue weighted by atomic mass is 79.9. The van der Waals surface area contributed by atoms with Gasteiger partial charge in [0.2, 0.25) is 0 Å². The number of aromatic nitrogens is 1. The molecule has 0 saturated carbocycles. The summed E-state index contributed by atoms with van der Waals surface area (Å²) >= 11 is 3.40. The second-order valence-corrected chi connectivity index (χ2v) is 5.13. The molecule has 96 valence electrons. The molecule has 18 heavy (non-hydrogen) atoms. The first-order valence-corrected chi connectivity index (χ1v) is 6.75. The molecule has 1 aromatic carbocycles. The topological polar surface area (TPSA) is 40.2 Å². The first-order chi connectivity index (χ1) is 8.66. The first-order valence-electron chi connectivity index (χ1n) is 5.96.